The molecule has 0 atom stereocenters. The largest absolute Gasteiger partial charge is 0.349 e. The smallest absolute Gasteiger partial charge is 0.299 e. The molecule has 0 aromatic rings. The SMILES string of the molecule is CCCC(=O)CC(=O)OOCC.CCCC(=O)CC(=O)OOCC.CCCC(=O)CC(=O)OOCC.[Zr]. The summed E-state index contributed by atoms with van der Waals surface area (Å²) in [5, 5.41) is 0. The average Bonchev–Trinajstić information content (AvgIpc) is 2.81. The van der Waals surface area contributed by atoms with Gasteiger partial charge in [0.1, 0.15) is 36.6 Å². The van der Waals surface area contributed by atoms with Crippen LogP contribution in [0, 0.1) is 0 Å². The third-order valence-corrected chi connectivity index (χ3v) is 3.42. The molecular weight excluding hydrogens is 571 g/mol. The van der Waals surface area contributed by atoms with Crippen molar-refractivity contribution in [2.24, 2.45) is 0 Å². The Morgan fingerprint density at radius 3 is 0.811 bits per heavy atom. The van der Waals surface area contributed by atoms with Gasteiger partial charge in [-0.1, -0.05) is 20.8 Å². The summed E-state index contributed by atoms with van der Waals surface area (Å²) in [7, 11) is 0. The molecule has 0 fully saturated rings. The predicted octanol–water partition coefficient (Wildman–Crippen LogP) is 3.72. The fourth-order valence-corrected chi connectivity index (χ4v) is 2.05. The molecule has 0 heterocycles. The standard InChI is InChI=1S/3C8H14O4.Zr/c3*1-3-5-7(9)6-8(10)12-11-4-2;/h3*3-6H2,1-2H3;. The molecule has 0 radical (unpaired) electrons. The van der Waals surface area contributed by atoms with Crippen molar-refractivity contribution in [3.05, 3.63) is 0 Å². The summed E-state index contributed by atoms with van der Waals surface area (Å²) in [5.74, 6) is -2.17. The maximum atomic E-state index is 10.9. The van der Waals surface area contributed by atoms with Crippen LogP contribution in [-0.2, 0) is 84.3 Å². The van der Waals surface area contributed by atoms with Crippen molar-refractivity contribution in [2.45, 2.75) is 99.3 Å². The number of carbonyl (C=O) groups excluding carboxylic acids is 6. The van der Waals surface area contributed by atoms with Crippen LogP contribution in [0.5, 0.6) is 0 Å². The molecule has 0 N–H and O–H groups in total. The monoisotopic (exact) mass is 612 g/mol. The summed E-state index contributed by atoms with van der Waals surface area (Å²) in [6, 6.07) is 0. The van der Waals surface area contributed by atoms with Crippen LogP contribution in [-0.4, -0.2) is 55.1 Å². The molecule has 0 aliphatic heterocycles. The van der Waals surface area contributed by atoms with Gasteiger partial charge in [0.25, 0.3) is 0 Å². The first-order chi connectivity index (χ1) is 17.1. The summed E-state index contributed by atoms with van der Waals surface area (Å²) in [5.41, 5.74) is 0. The number of ketones is 3. The second kappa shape index (κ2) is 32.2. The van der Waals surface area contributed by atoms with Crippen LogP contribution in [0.25, 0.3) is 0 Å². The first kappa shape index (κ1) is 42.3. The van der Waals surface area contributed by atoms with Gasteiger partial charge < -0.3 is 0 Å². The van der Waals surface area contributed by atoms with Crippen molar-refractivity contribution in [1.29, 1.82) is 0 Å². The Bertz CT molecular complexity index is 552. The number of rotatable bonds is 18. The van der Waals surface area contributed by atoms with Crippen molar-refractivity contribution in [1.82, 2.24) is 0 Å². The van der Waals surface area contributed by atoms with Crippen LogP contribution in [0.3, 0.4) is 0 Å². The Labute approximate surface area is 238 Å². The van der Waals surface area contributed by atoms with Crippen molar-refractivity contribution in [3.63, 3.8) is 0 Å². The van der Waals surface area contributed by atoms with Crippen LogP contribution >= 0.6 is 0 Å². The van der Waals surface area contributed by atoms with Crippen LogP contribution in [0.2, 0.25) is 0 Å². The molecule has 0 aromatic carbocycles. The molecular formula is C24H42O12Zr. The zero-order valence-corrected chi connectivity index (χ0v) is 25.3. The molecule has 0 unspecified atom stereocenters. The van der Waals surface area contributed by atoms with E-state index in [4.69, 9.17) is 0 Å². The van der Waals surface area contributed by atoms with Gasteiger partial charge in [0.05, 0.1) is 19.8 Å². The Morgan fingerprint density at radius 2 is 0.649 bits per heavy atom. The van der Waals surface area contributed by atoms with Gasteiger partial charge in [-0.2, -0.15) is 14.7 Å². The Hall–Kier alpha value is -1.82. The van der Waals surface area contributed by atoms with E-state index < -0.39 is 17.9 Å². The van der Waals surface area contributed by atoms with Crippen LogP contribution in [0.4, 0.5) is 0 Å². The van der Waals surface area contributed by atoms with E-state index in [0.29, 0.717) is 39.1 Å². The first-order valence-corrected chi connectivity index (χ1v) is 12.1. The van der Waals surface area contributed by atoms with E-state index in [1.54, 1.807) is 20.8 Å². The van der Waals surface area contributed by atoms with Crippen LogP contribution in [0.15, 0.2) is 0 Å². The van der Waals surface area contributed by atoms with Gasteiger partial charge in [-0.15, -0.1) is 0 Å². The number of Topliss-reactive ketones (excluding diaryl/α,β-unsaturated/α-hetero) is 3. The third kappa shape index (κ3) is 36.4. The van der Waals surface area contributed by atoms with E-state index >= 15 is 0 Å². The minimum absolute atomic E-state index is 0. The molecule has 0 saturated heterocycles. The van der Waals surface area contributed by atoms with Crippen LogP contribution in [0.1, 0.15) is 99.3 Å². The van der Waals surface area contributed by atoms with Crippen molar-refractivity contribution < 1.29 is 84.3 Å². The maximum absolute atomic E-state index is 10.9. The second-order valence-electron chi connectivity index (χ2n) is 6.98. The van der Waals surface area contributed by atoms with Crippen molar-refractivity contribution >= 4 is 35.3 Å². The molecule has 12 nitrogen and oxygen atoms in total. The molecule has 0 aromatic heterocycles. The summed E-state index contributed by atoms with van der Waals surface area (Å²) in [4.78, 5) is 90.6. The Kier molecular flexibility index (Phi) is 36.8. The number of hydrogen-bond acceptors (Lipinski definition) is 12. The van der Waals surface area contributed by atoms with E-state index in [9.17, 15) is 28.8 Å². The topological polar surface area (TPSA) is 158 Å². The van der Waals surface area contributed by atoms with Gasteiger partial charge in [0.2, 0.25) is 0 Å². The van der Waals surface area contributed by atoms with Gasteiger partial charge in [0.15, 0.2) is 0 Å². The Morgan fingerprint density at radius 1 is 0.432 bits per heavy atom. The third-order valence-electron chi connectivity index (χ3n) is 3.42. The molecule has 214 valence electrons. The zero-order valence-electron chi connectivity index (χ0n) is 22.9. The number of hydrogen-bond donors (Lipinski definition) is 0. The van der Waals surface area contributed by atoms with Crippen molar-refractivity contribution in [3.8, 4) is 0 Å². The molecule has 0 rings (SSSR count). The number of carbonyl (C=O) groups is 6. The quantitative estimate of drug-likeness (QED) is 0.125. The molecule has 0 amide bonds. The fraction of sp³-hybridized carbons (Fsp3) is 0.750. The molecule has 0 spiro atoms. The molecule has 13 heteroatoms. The summed E-state index contributed by atoms with van der Waals surface area (Å²) in [6.07, 6.45) is 2.95. The fourth-order valence-electron chi connectivity index (χ4n) is 2.05. The van der Waals surface area contributed by atoms with E-state index in [1.807, 2.05) is 20.8 Å². The normalized spacial score (nSPS) is 9.24. The maximum Gasteiger partial charge on any atom is 0.349 e. The summed E-state index contributed by atoms with van der Waals surface area (Å²) in [6.45, 7) is 11.6. The summed E-state index contributed by atoms with van der Waals surface area (Å²) >= 11 is 0. The average molecular weight is 614 g/mol. The molecule has 37 heavy (non-hydrogen) atoms. The van der Waals surface area contributed by atoms with Crippen molar-refractivity contribution in [2.75, 3.05) is 19.8 Å². The second-order valence-corrected chi connectivity index (χ2v) is 6.98. The van der Waals surface area contributed by atoms with E-state index in [0.717, 1.165) is 19.3 Å². The van der Waals surface area contributed by atoms with Gasteiger partial charge in [-0.3, -0.25) is 29.0 Å². The Balaban J connectivity index is -0.000000218. The minimum atomic E-state index is -0.615. The first-order valence-electron chi connectivity index (χ1n) is 12.1. The van der Waals surface area contributed by atoms with Gasteiger partial charge in [-0.25, -0.2) is 14.4 Å². The molecule has 0 bridgehead atoms. The van der Waals surface area contributed by atoms with Crippen LogP contribution < -0.4 is 0 Å². The van der Waals surface area contributed by atoms with Gasteiger partial charge in [-0.05, 0) is 40.0 Å². The predicted molar refractivity (Wildman–Crippen MR) is 127 cm³/mol. The van der Waals surface area contributed by atoms with Gasteiger partial charge in [0, 0.05) is 45.5 Å². The van der Waals surface area contributed by atoms with E-state index in [-0.39, 0.29) is 62.8 Å². The molecule has 0 saturated carbocycles. The van der Waals surface area contributed by atoms with Gasteiger partial charge >= 0.3 is 17.9 Å². The zero-order chi connectivity index (χ0) is 28.2. The molecule has 0 aliphatic rings. The molecule has 0 aliphatic carbocycles. The van der Waals surface area contributed by atoms with E-state index in [1.165, 1.54) is 0 Å². The summed E-state index contributed by atoms with van der Waals surface area (Å²) < 4.78 is 0. The van der Waals surface area contributed by atoms with E-state index in [2.05, 4.69) is 29.3 Å². The minimum Gasteiger partial charge on any atom is -0.299 e.